The van der Waals surface area contributed by atoms with Gasteiger partial charge in [-0.15, -0.1) is 0 Å². The number of hydrogen-bond acceptors (Lipinski definition) is 6. The fourth-order valence-corrected chi connectivity index (χ4v) is 4.85. The van der Waals surface area contributed by atoms with E-state index in [0.29, 0.717) is 16.3 Å². The maximum Gasteiger partial charge on any atom is 0.339 e. The van der Waals surface area contributed by atoms with Crippen LogP contribution in [0.4, 0.5) is 5.69 Å². The molecule has 1 saturated heterocycles. The molecular formula is C24H15N3O4S2. The number of amides is 1. The van der Waals surface area contributed by atoms with Crippen LogP contribution in [0.15, 0.2) is 71.8 Å². The smallest absolute Gasteiger partial charge is 0.339 e. The first-order valence-corrected chi connectivity index (χ1v) is 11.0. The van der Waals surface area contributed by atoms with Crippen molar-refractivity contribution in [3.8, 4) is 17.0 Å². The number of rotatable bonds is 4. The lowest BCUT2D eigenvalue weighted by molar-refractivity contribution is -0.113. The lowest BCUT2D eigenvalue weighted by atomic mass is 10.1. The van der Waals surface area contributed by atoms with Gasteiger partial charge >= 0.3 is 5.97 Å². The highest BCUT2D eigenvalue weighted by molar-refractivity contribution is 8.27. The van der Waals surface area contributed by atoms with Crippen molar-refractivity contribution in [3.63, 3.8) is 0 Å². The number of nitrogens with zero attached hydrogens (tertiary/aromatic N) is 2. The zero-order valence-corrected chi connectivity index (χ0v) is 18.5. The average molecular weight is 474 g/mol. The first-order valence-electron chi connectivity index (χ1n) is 9.79. The number of aromatic carboxylic acids is 1. The Morgan fingerprint density at radius 2 is 1.97 bits per heavy atom. The summed E-state index contributed by atoms with van der Waals surface area (Å²) in [5.74, 6) is -2.06. The molecule has 3 heterocycles. The Kier molecular flexibility index (Phi) is 5.20. The number of carboxylic acid groups (broad SMARTS) is 1. The van der Waals surface area contributed by atoms with Gasteiger partial charge in [0.05, 0.1) is 22.0 Å². The summed E-state index contributed by atoms with van der Waals surface area (Å²) in [7, 11) is 0. The highest BCUT2D eigenvalue weighted by atomic mass is 32.2. The minimum atomic E-state index is -1.26. The molecule has 1 aliphatic heterocycles. The van der Waals surface area contributed by atoms with Crippen LogP contribution in [0.2, 0.25) is 0 Å². The molecule has 0 radical (unpaired) electrons. The molecule has 0 saturated carbocycles. The Balaban J connectivity index is 1.45. The van der Waals surface area contributed by atoms with Crippen molar-refractivity contribution in [1.29, 1.82) is 0 Å². The van der Waals surface area contributed by atoms with Crippen LogP contribution >= 0.6 is 24.0 Å². The van der Waals surface area contributed by atoms with Crippen LogP contribution in [0, 0.1) is 0 Å². The highest BCUT2D eigenvalue weighted by Gasteiger charge is 2.34. The maximum atomic E-state index is 13.0. The number of aromatic amines is 1. The lowest BCUT2D eigenvalue weighted by Gasteiger charge is -2.15. The van der Waals surface area contributed by atoms with E-state index in [1.807, 2.05) is 42.6 Å². The van der Waals surface area contributed by atoms with Crippen LogP contribution in [0.25, 0.3) is 28.2 Å². The van der Waals surface area contributed by atoms with Gasteiger partial charge in [0.25, 0.3) is 5.91 Å². The molecule has 0 atom stereocenters. The first kappa shape index (κ1) is 20.9. The summed E-state index contributed by atoms with van der Waals surface area (Å²) in [6.45, 7) is 0. The van der Waals surface area contributed by atoms with Crippen molar-refractivity contribution < 1.29 is 19.8 Å². The Morgan fingerprint density at radius 3 is 2.76 bits per heavy atom. The normalized spacial score (nSPS) is 15.0. The number of fused-ring (bicyclic) bond motifs is 1. The summed E-state index contributed by atoms with van der Waals surface area (Å²) in [5.41, 5.74) is 3.42. The number of nitrogens with one attached hydrogen (secondary N) is 1. The summed E-state index contributed by atoms with van der Waals surface area (Å²) in [4.78, 5) is 33.7. The maximum absolute atomic E-state index is 13.0. The van der Waals surface area contributed by atoms with Crippen LogP contribution in [0.5, 0.6) is 5.75 Å². The molecule has 0 aliphatic carbocycles. The number of carboxylic acids is 1. The van der Waals surface area contributed by atoms with Crippen LogP contribution in [0.3, 0.4) is 0 Å². The molecule has 7 nitrogen and oxygen atoms in total. The zero-order valence-electron chi connectivity index (χ0n) is 16.9. The van der Waals surface area contributed by atoms with Gasteiger partial charge in [-0.25, -0.2) is 9.78 Å². The largest absolute Gasteiger partial charge is 0.507 e. The molecular weight excluding hydrogens is 458 g/mol. The van der Waals surface area contributed by atoms with E-state index in [9.17, 15) is 14.7 Å². The van der Waals surface area contributed by atoms with Gasteiger partial charge in [0.1, 0.15) is 11.3 Å². The Bertz CT molecular complexity index is 1490. The van der Waals surface area contributed by atoms with Gasteiger partial charge in [-0.1, -0.05) is 36.1 Å². The number of aromatic nitrogens is 2. The second-order valence-electron chi connectivity index (χ2n) is 7.25. The molecule has 0 spiro atoms. The van der Waals surface area contributed by atoms with E-state index in [-0.39, 0.29) is 15.8 Å². The molecule has 33 heavy (non-hydrogen) atoms. The van der Waals surface area contributed by atoms with Crippen molar-refractivity contribution >= 4 is 62.8 Å². The standard InChI is InChI=1S/C24H15N3O4S2/c28-20-12-16(5-6-17(20)23(30)31)27-22(29)21(33-24(27)32)11-15-2-1-3-19(26-15)13-4-7-18-14(10-13)8-9-25-18/h1-12,25,28H,(H,30,31)/b21-11-. The van der Waals surface area contributed by atoms with E-state index >= 15 is 0 Å². The van der Waals surface area contributed by atoms with Crippen LogP contribution in [-0.4, -0.2) is 36.4 Å². The van der Waals surface area contributed by atoms with Gasteiger partial charge < -0.3 is 15.2 Å². The van der Waals surface area contributed by atoms with Crippen molar-refractivity contribution in [1.82, 2.24) is 9.97 Å². The molecule has 1 aliphatic rings. The number of phenols is 1. The number of thiocarbonyl (C=S) groups is 1. The van der Waals surface area contributed by atoms with Gasteiger partial charge in [0.2, 0.25) is 0 Å². The average Bonchev–Trinajstić information content (AvgIpc) is 3.37. The molecule has 0 bridgehead atoms. The summed E-state index contributed by atoms with van der Waals surface area (Å²) in [5, 5.41) is 20.2. The van der Waals surface area contributed by atoms with Gasteiger partial charge in [-0.05, 0) is 48.5 Å². The Labute approximate surface area is 197 Å². The summed E-state index contributed by atoms with van der Waals surface area (Å²) >= 11 is 6.48. The summed E-state index contributed by atoms with van der Waals surface area (Å²) < 4.78 is 0.280. The van der Waals surface area contributed by atoms with E-state index in [2.05, 4.69) is 9.97 Å². The predicted octanol–water partition coefficient (Wildman–Crippen LogP) is 5.04. The quantitative estimate of drug-likeness (QED) is 0.282. The third-order valence-corrected chi connectivity index (χ3v) is 6.46. The topological polar surface area (TPSA) is 107 Å². The molecule has 5 rings (SSSR count). The number of anilines is 1. The van der Waals surface area contributed by atoms with Crippen molar-refractivity contribution in [2.24, 2.45) is 0 Å². The summed E-state index contributed by atoms with van der Waals surface area (Å²) in [6.07, 6.45) is 3.55. The number of hydrogen-bond donors (Lipinski definition) is 3. The molecule has 2 aromatic heterocycles. The highest BCUT2D eigenvalue weighted by Crippen LogP contribution is 2.37. The van der Waals surface area contributed by atoms with Crippen molar-refractivity contribution in [3.05, 3.63) is 83.0 Å². The third kappa shape index (κ3) is 3.88. The van der Waals surface area contributed by atoms with E-state index in [1.54, 1.807) is 12.1 Å². The van der Waals surface area contributed by atoms with E-state index < -0.39 is 11.7 Å². The molecule has 3 N–H and O–H groups in total. The van der Waals surface area contributed by atoms with Gasteiger partial charge in [-0.2, -0.15) is 0 Å². The number of carbonyl (C=O) groups is 2. The lowest BCUT2D eigenvalue weighted by Crippen LogP contribution is -2.27. The molecule has 0 unspecified atom stereocenters. The number of pyridine rings is 1. The molecule has 2 aromatic carbocycles. The van der Waals surface area contributed by atoms with Crippen LogP contribution < -0.4 is 4.90 Å². The van der Waals surface area contributed by atoms with Gasteiger partial charge in [-0.3, -0.25) is 9.69 Å². The molecule has 4 aromatic rings. The fraction of sp³-hybridized carbons (Fsp3) is 0. The SMILES string of the molecule is O=C(O)c1ccc(N2C(=O)/C(=C/c3cccc(-c4ccc5[nH]ccc5c4)n3)SC2=S)cc1O. The van der Waals surface area contributed by atoms with Crippen molar-refractivity contribution in [2.45, 2.75) is 0 Å². The molecule has 1 fully saturated rings. The second-order valence-corrected chi connectivity index (χ2v) is 8.93. The number of aromatic hydroxyl groups is 1. The fourth-order valence-electron chi connectivity index (χ4n) is 3.57. The number of H-pyrrole nitrogens is 1. The van der Waals surface area contributed by atoms with Gasteiger partial charge in [0.15, 0.2) is 4.32 Å². The number of carbonyl (C=O) groups excluding carboxylic acids is 1. The number of benzene rings is 2. The van der Waals surface area contributed by atoms with Gasteiger partial charge in [0, 0.05) is 28.7 Å². The van der Waals surface area contributed by atoms with Crippen LogP contribution in [0.1, 0.15) is 16.1 Å². The monoisotopic (exact) mass is 473 g/mol. The van der Waals surface area contributed by atoms with Crippen LogP contribution in [-0.2, 0) is 4.79 Å². The molecule has 162 valence electrons. The van der Waals surface area contributed by atoms with E-state index in [1.165, 1.54) is 23.1 Å². The summed E-state index contributed by atoms with van der Waals surface area (Å²) in [6, 6.07) is 17.5. The third-order valence-electron chi connectivity index (χ3n) is 5.16. The van der Waals surface area contributed by atoms with E-state index in [0.717, 1.165) is 33.9 Å². The minimum absolute atomic E-state index is 0.251. The van der Waals surface area contributed by atoms with E-state index in [4.69, 9.17) is 17.3 Å². The first-order chi connectivity index (χ1) is 15.9. The molecule has 9 heteroatoms. The second kappa shape index (κ2) is 8.19. The zero-order chi connectivity index (χ0) is 23.1. The Morgan fingerprint density at radius 1 is 1.12 bits per heavy atom. The molecule has 1 amide bonds. The Hall–Kier alpha value is -3.95. The predicted molar refractivity (Wildman–Crippen MR) is 132 cm³/mol. The number of thioether (sulfide) groups is 1. The van der Waals surface area contributed by atoms with Crippen molar-refractivity contribution in [2.75, 3.05) is 4.90 Å². The minimum Gasteiger partial charge on any atom is -0.507 e.